The highest BCUT2D eigenvalue weighted by Gasteiger charge is 2.24. The molecule has 5 nitrogen and oxygen atoms in total. The van der Waals surface area contributed by atoms with Crippen molar-refractivity contribution in [2.75, 3.05) is 13.1 Å². The van der Waals surface area contributed by atoms with E-state index in [1.54, 1.807) is 22.7 Å². The number of aliphatic hydroxyl groups is 1. The number of thiazole rings is 1. The summed E-state index contributed by atoms with van der Waals surface area (Å²) in [7, 11) is 0. The first-order chi connectivity index (χ1) is 13.1. The number of hydrogen-bond acceptors (Lipinski definition) is 5. The third-order valence-electron chi connectivity index (χ3n) is 3.97. The van der Waals surface area contributed by atoms with Crippen molar-refractivity contribution < 1.29 is 5.11 Å². The molecule has 0 fully saturated rings. The molecule has 0 aliphatic carbocycles. The Hall–Kier alpha value is -1.49. The normalized spacial score (nSPS) is 13.5. The zero-order valence-electron chi connectivity index (χ0n) is 15.9. The second kappa shape index (κ2) is 10.9. The van der Waals surface area contributed by atoms with Crippen LogP contribution in [0.15, 0.2) is 58.2 Å². The van der Waals surface area contributed by atoms with Crippen LogP contribution in [0.2, 0.25) is 0 Å². The Morgan fingerprint density at radius 2 is 1.93 bits per heavy atom. The molecule has 0 spiro atoms. The van der Waals surface area contributed by atoms with Crippen LogP contribution in [0.5, 0.6) is 0 Å². The maximum Gasteiger partial charge on any atom is 0.191 e. The number of aliphatic imine (C=N–C) groups is 1. The summed E-state index contributed by atoms with van der Waals surface area (Å²) in [4.78, 5) is 10.2. The van der Waals surface area contributed by atoms with Gasteiger partial charge in [-0.2, -0.15) is 0 Å². The number of hydrogen-bond donors (Lipinski definition) is 3. The van der Waals surface area contributed by atoms with Gasteiger partial charge in [0.05, 0.1) is 18.8 Å². The minimum absolute atomic E-state index is 0. The fourth-order valence-corrected chi connectivity index (χ4v) is 4.13. The van der Waals surface area contributed by atoms with Crippen LogP contribution in [0.25, 0.3) is 10.6 Å². The van der Waals surface area contributed by atoms with Gasteiger partial charge in [-0.25, -0.2) is 9.98 Å². The third kappa shape index (κ3) is 6.26. The van der Waals surface area contributed by atoms with Crippen molar-refractivity contribution >= 4 is 52.6 Å². The summed E-state index contributed by atoms with van der Waals surface area (Å²) in [5.74, 6) is 0.670. The maximum absolute atomic E-state index is 10.7. The second-order valence-corrected chi connectivity index (χ2v) is 8.12. The molecule has 3 N–H and O–H groups in total. The van der Waals surface area contributed by atoms with E-state index in [4.69, 9.17) is 0 Å². The van der Waals surface area contributed by atoms with Crippen molar-refractivity contribution in [2.45, 2.75) is 26.0 Å². The van der Waals surface area contributed by atoms with E-state index >= 15 is 0 Å². The number of guanidine groups is 1. The number of benzene rings is 1. The summed E-state index contributed by atoms with van der Waals surface area (Å²) < 4.78 is 0. The number of rotatable bonds is 7. The van der Waals surface area contributed by atoms with Gasteiger partial charge in [0.1, 0.15) is 10.6 Å². The molecular weight excluding hydrogens is 503 g/mol. The van der Waals surface area contributed by atoms with Crippen LogP contribution in [0.4, 0.5) is 0 Å². The molecule has 28 heavy (non-hydrogen) atoms. The first-order valence-corrected chi connectivity index (χ1v) is 10.6. The molecule has 1 aromatic carbocycles. The van der Waals surface area contributed by atoms with Crippen LogP contribution in [0.3, 0.4) is 0 Å². The lowest BCUT2D eigenvalue weighted by Gasteiger charge is -2.23. The molecule has 0 bridgehead atoms. The van der Waals surface area contributed by atoms with E-state index in [0.29, 0.717) is 19.0 Å². The van der Waals surface area contributed by atoms with Gasteiger partial charge in [-0.15, -0.1) is 46.7 Å². The smallest absolute Gasteiger partial charge is 0.191 e. The van der Waals surface area contributed by atoms with E-state index in [0.717, 1.165) is 27.7 Å². The number of nitrogens with one attached hydrogen (secondary N) is 2. The molecule has 1 atom stereocenters. The zero-order chi connectivity index (χ0) is 19.1. The van der Waals surface area contributed by atoms with Crippen molar-refractivity contribution in [3.05, 3.63) is 63.8 Å². The molecule has 0 aliphatic rings. The molecule has 0 saturated carbocycles. The Bertz CT molecular complexity index is 863. The molecule has 0 saturated heterocycles. The fraction of sp³-hybridized carbons (Fsp3) is 0.300. The van der Waals surface area contributed by atoms with Gasteiger partial charge in [-0.3, -0.25) is 0 Å². The quantitative estimate of drug-likeness (QED) is 0.241. The van der Waals surface area contributed by atoms with Crippen LogP contribution in [0.1, 0.15) is 24.4 Å². The molecule has 150 valence electrons. The van der Waals surface area contributed by atoms with Crippen molar-refractivity contribution in [2.24, 2.45) is 4.99 Å². The standard InChI is InChI=1S/C20H24N4OS2.HI/c1-3-21-19(23-14-20(2,25)17-10-7-11-26-17)22-12-16-13-27-18(24-16)15-8-5-4-6-9-15;/h4-11,13,25H,3,12,14H2,1-2H3,(H2,21,22,23);1H. The topological polar surface area (TPSA) is 69.5 Å². The van der Waals surface area contributed by atoms with E-state index in [2.05, 4.69) is 32.7 Å². The second-order valence-electron chi connectivity index (χ2n) is 6.31. The molecule has 1 unspecified atom stereocenters. The van der Waals surface area contributed by atoms with Gasteiger partial charge in [0.15, 0.2) is 5.96 Å². The summed E-state index contributed by atoms with van der Waals surface area (Å²) in [5, 5.41) is 22.1. The molecule has 8 heteroatoms. The van der Waals surface area contributed by atoms with Gasteiger partial charge < -0.3 is 15.7 Å². The van der Waals surface area contributed by atoms with Crippen LogP contribution >= 0.6 is 46.7 Å². The lowest BCUT2D eigenvalue weighted by atomic mass is 10.1. The average molecular weight is 528 g/mol. The van der Waals surface area contributed by atoms with Crippen molar-refractivity contribution in [1.82, 2.24) is 15.6 Å². The predicted octanol–water partition coefficient (Wildman–Crippen LogP) is 4.45. The van der Waals surface area contributed by atoms with Gasteiger partial charge in [0.25, 0.3) is 0 Å². The van der Waals surface area contributed by atoms with Crippen LogP contribution in [-0.2, 0) is 12.1 Å². The fourth-order valence-electron chi connectivity index (χ4n) is 2.52. The molecule has 0 amide bonds. The molecule has 2 heterocycles. The molecular formula is C20H25IN4OS2. The molecule has 0 aliphatic heterocycles. The van der Waals surface area contributed by atoms with Gasteiger partial charge in [0, 0.05) is 22.4 Å². The maximum atomic E-state index is 10.7. The van der Waals surface area contributed by atoms with Crippen LogP contribution in [-0.4, -0.2) is 29.1 Å². The van der Waals surface area contributed by atoms with Gasteiger partial charge >= 0.3 is 0 Å². The van der Waals surface area contributed by atoms with E-state index in [9.17, 15) is 5.11 Å². The number of nitrogens with zero attached hydrogens (tertiary/aromatic N) is 2. The monoisotopic (exact) mass is 528 g/mol. The van der Waals surface area contributed by atoms with Crippen molar-refractivity contribution in [3.63, 3.8) is 0 Å². The van der Waals surface area contributed by atoms with E-state index in [1.807, 2.05) is 54.9 Å². The Morgan fingerprint density at radius 3 is 2.61 bits per heavy atom. The highest BCUT2D eigenvalue weighted by atomic mass is 127. The lowest BCUT2D eigenvalue weighted by Crippen LogP contribution is -2.44. The largest absolute Gasteiger partial charge is 0.383 e. The average Bonchev–Trinajstić information content (AvgIpc) is 3.37. The minimum Gasteiger partial charge on any atom is -0.383 e. The number of aromatic nitrogens is 1. The van der Waals surface area contributed by atoms with Crippen LogP contribution < -0.4 is 10.6 Å². The molecule has 3 rings (SSSR count). The lowest BCUT2D eigenvalue weighted by molar-refractivity contribution is 0.0655. The highest BCUT2D eigenvalue weighted by Crippen LogP contribution is 2.25. The summed E-state index contributed by atoms with van der Waals surface area (Å²) in [5.41, 5.74) is 1.11. The SMILES string of the molecule is CCNC(=NCc1csc(-c2ccccc2)n1)NCC(C)(O)c1cccs1.I. The Kier molecular flexibility index (Phi) is 8.87. The first-order valence-electron chi connectivity index (χ1n) is 8.87. The zero-order valence-corrected chi connectivity index (χ0v) is 19.8. The van der Waals surface area contributed by atoms with Crippen molar-refractivity contribution in [3.8, 4) is 10.6 Å². The molecule has 2 aromatic heterocycles. The predicted molar refractivity (Wildman–Crippen MR) is 130 cm³/mol. The number of thiophene rings is 1. The Labute approximate surface area is 191 Å². The van der Waals surface area contributed by atoms with Crippen LogP contribution in [0, 0.1) is 0 Å². The van der Waals surface area contributed by atoms with Gasteiger partial charge in [-0.1, -0.05) is 36.4 Å². The Balaban J connectivity index is 0.00000280. The van der Waals surface area contributed by atoms with E-state index in [-0.39, 0.29) is 24.0 Å². The summed E-state index contributed by atoms with van der Waals surface area (Å²) in [6, 6.07) is 14.0. The summed E-state index contributed by atoms with van der Waals surface area (Å²) in [6.07, 6.45) is 0. The molecule has 0 radical (unpaired) electrons. The van der Waals surface area contributed by atoms with Gasteiger partial charge in [-0.05, 0) is 25.3 Å². The van der Waals surface area contributed by atoms with E-state index < -0.39 is 5.60 Å². The van der Waals surface area contributed by atoms with Gasteiger partial charge in [0.2, 0.25) is 0 Å². The van der Waals surface area contributed by atoms with Crippen molar-refractivity contribution in [1.29, 1.82) is 0 Å². The Morgan fingerprint density at radius 1 is 1.14 bits per heavy atom. The summed E-state index contributed by atoms with van der Waals surface area (Å²) in [6.45, 7) is 5.44. The summed E-state index contributed by atoms with van der Waals surface area (Å²) >= 11 is 3.17. The number of halogens is 1. The third-order valence-corrected chi connectivity index (χ3v) is 6.03. The molecule has 3 aromatic rings. The first kappa shape index (κ1) is 22.8. The minimum atomic E-state index is -0.939. The highest BCUT2D eigenvalue weighted by molar-refractivity contribution is 14.0. The van der Waals surface area contributed by atoms with E-state index in [1.165, 1.54) is 0 Å².